The SMILES string of the molecule is CC/C=C\C/C=C\C/C=C\C/C=C\C/C=C\C/C=C\C/C=C\C/C=C\CCCCCCCCCCCCCCCCC(=O)OCC(COC(OCC[N+](C)(C)C)C(=O)[O-])OC(=O)CCCCCCCCCCCCCCCC/C=C\C/C=C\C/C=C\C/C=C\C/C=C\C/C=C\C/C=C\C/C=C\CC. The van der Waals surface area contributed by atoms with E-state index < -0.39 is 24.3 Å². The molecule has 0 amide bonds. The Morgan fingerprint density at radius 2 is 0.524 bits per heavy atom. The van der Waals surface area contributed by atoms with Gasteiger partial charge in [0.25, 0.3) is 0 Å². The maximum atomic E-state index is 13.0. The molecule has 0 rings (SSSR count). The molecule has 9 nitrogen and oxygen atoms in total. The lowest BCUT2D eigenvalue weighted by molar-refractivity contribution is -0.870. The number of carbonyl (C=O) groups is 3. The summed E-state index contributed by atoms with van der Waals surface area (Å²) < 4.78 is 22.9. The standard InChI is InChI=1S/C94H153NO8/c1-6-8-10-12-14-16-18-20-22-24-26-28-30-32-34-36-38-40-42-44-46-48-50-52-54-56-58-60-62-64-66-68-70-72-74-76-78-80-82-84-91(96)101-88-90(89-102-94(93(98)99)100-87-86-95(3,4)5)103-92(97)85-83-81-79-77-75-73-71-69-67-65-63-61-59-57-55-53-51-49-47-45-43-41-39-37-35-33-31-29-27-25-23-21-19-17-15-13-11-9-7-2/h8-11,14-17,20-23,26-29,32-35,38-41,44-47,50-53,90,94H,6-7,12-13,18-19,24-25,30-31,36-37,42-43,48-49,54-89H2,1-5H3/b10-8-,11-9-,16-14-,17-15-,22-20-,23-21-,28-26-,29-27-,34-32-,35-33-,40-38-,41-39-,46-44-,47-45-,52-50-,53-51-. The number of esters is 2. The van der Waals surface area contributed by atoms with Gasteiger partial charge in [-0.2, -0.15) is 0 Å². The molecule has 2 atom stereocenters. The van der Waals surface area contributed by atoms with Gasteiger partial charge in [0, 0.05) is 12.8 Å². The van der Waals surface area contributed by atoms with Crippen LogP contribution in [0, 0.1) is 0 Å². The van der Waals surface area contributed by atoms with E-state index in [0.717, 1.165) is 141 Å². The second-order valence-electron chi connectivity index (χ2n) is 28.3. The van der Waals surface area contributed by atoms with Crippen LogP contribution in [-0.4, -0.2) is 82.3 Å². The maximum absolute atomic E-state index is 13.0. The van der Waals surface area contributed by atoms with Crippen LogP contribution < -0.4 is 5.11 Å². The number of carboxylic acid groups (broad SMARTS) is 1. The summed E-state index contributed by atoms with van der Waals surface area (Å²) in [5.74, 6) is -2.29. The van der Waals surface area contributed by atoms with Crippen LogP contribution in [0.25, 0.3) is 0 Å². The molecule has 0 fully saturated rings. The normalized spacial score (nSPS) is 13.7. The number of carbonyl (C=O) groups excluding carboxylic acids is 3. The molecule has 0 aromatic heterocycles. The predicted octanol–water partition coefficient (Wildman–Crippen LogP) is 25.9. The number of aliphatic carboxylic acids is 1. The third-order valence-electron chi connectivity index (χ3n) is 17.3. The lowest BCUT2D eigenvalue weighted by Gasteiger charge is -2.26. The van der Waals surface area contributed by atoms with Crippen LogP contribution in [0.1, 0.15) is 322 Å². The molecule has 0 aliphatic rings. The molecule has 582 valence electrons. The first-order valence-electron chi connectivity index (χ1n) is 41.6. The minimum Gasteiger partial charge on any atom is -0.545 e. The smallest absolute Gasteiger partial charge is 0.306 e. The van der Waals surface area contributed by atoms with Crippen LogP contribution in [0.5, 0.6) is 0 Å². The van der Waals surface area contributed by atoms with Gasteiger partial charge in [-0.1, -0.05) is 362 Å². The van der Waals surface area contributed by atoms with Gasteiger partial charge in [-0.3, -0.25) is 9.59 Å². The Morgan fingerprint density at radius 1 is 0.291 bits per heavy atom. The van der Waals surface area contributed by atoms with E-state index in [1.807, 2.05) is 21.1 Å². The number of ether oxygens (including phenoxy) is 4. The molecule has 0 heterocycles. The first kappa shape index (κ1) is 97.1. The Morgan fingerprint density at radius 3 is 0.777 bits per heavy atom. The van der Waals surface area contributed by atoms with Gasteiger partial charge in [0.05, 0.1) is 40.3 Å². The van der Waals surface area contributed by atoms with Gasteiger partial charge in [0.2, 0.25) is 0 Å². The molecule has 0 aromatic rings. The third-order valence-corrected chi connectivity index (χ3v) is 17.3. The fraction of sp³-hybridized carbons (Fsp3) is 0.628. The van der Waals surface area contributed by atoms with Crippen molar-refractivity contribution in [3.63, 3.8) is 0 Å². The Balaban J connectivity index is 4.07. The van der Waals surface area contributed by atoms with Gasteiger partial charge in [-0.15, -0.1) is 0 Å². The Bertz CT molecular complexity index is 2410. The summed E-state index contributed by atoms with van der Waals surface area (Å²) in [7, 11) is 5.93. The molecule has 0 aliphatic heterocycles. The molecule has 0 aromatic carbocycles. The topological polar surface area (TPSA) is 111 Å². The molecule has 0 radical (unpaired) electrons. The van der Waals surface area contributed by atoms with Crippen molar-refractivity contribution < 1.29 is 42.9 Å². The van der Waals surface area contributed by atoms with E-state index in [0.29, 0.717) is 17.4 Å². The summed E-state index contributed by atoms with van der Waals surface area (Å²) in [5, 5.41) is 11.9. The average molecular weight is 1430 g/mol. The van der Waals surface area contributed by atoms with E-state index in [-0.39, 0.29) is 38.6 Å². The lowest BCUT2D eigenvalue weighted by atomic mass is 10.0. The third kappa shape index (κ3) is 83.3. The van der Waals surface area contributed by atoms with Crippen LogP contribution in [0.3, 0.4) is 0 Å². The van der Waals surface area contributed by atoms with Crippen LogP contribution in [-0.2, 0) is 33.3 Å². The molecule has 0 saturated carbocycles. The van der Waals surface area contributed by atoms with E-state index in [9.17, 15) is 19.5 Å². The fourth-order valence-electron chi connectivity index (χ4n) is 11.1. The van der Waals surface area contributed by atoms with Gasteiger partial charge in [0.15, 0.2) is 12.4 Å². The number of carboxylic acids is 1. The van der Waals surface area contributed by atoms with Gasteiger partial charge >= 0.3 is 11.9 Å². The number of nitrogens with zero attached hydrogens (tertiary/aromatic N) is 1. The molecular formula is C94H153NO8. The zero-order valence-corrected chi connectivity index (χ0v) is 66.6. The zero-order chi connectivity index (χ0) is 74.6. The van der Waals surface area contributed by atoms with Crippen molar-refractivity contribution in [1.29, 1.82) is 0 Å². The summed E-state index contributed by atoms with van der Waals surface area (Å²) in [6, 6.07) is 0. The van der Waals surface area contributed by atoms with Crippen LogP contribution in [0.4, 0.5) is 0 Å². The molecule has 2 unspecified atom stereocenters. The number of likely N-dealkylation sites (N-methyl/N-ethyl adjacent to an activating group) is 1. The number of quaternary nitrogens is 1. The largest absolute Gasteiger partial charge is 0.545 e. The average Bonchev–Trinajstić information content (AvgIpc) is 1.06. The quantitative estimate of drug-likeness (QED) is 0.0195. The Hall–Kier alpha value is -5.87. The van der Waals surface area contributed by atoms with E-state index in [1.54, 1.807) is 0 Å². The maximum Gasteiger partial charge on any atom is 0.306 e. The molecule has 0 bridgehead atoms. The number of hydrogen-bond donors (Lipinski definition) is 0. The van der Waals surface area contributed by atoms with E-state index in [2.05, 4.69) is 208 Å². The predicted molar refractivity (Wildman–Crippen MR) is 444 cm³/mol. The summed E-state index contributed by atoms with van der Waals surface area (Å²) in [6.07, 6.45) is 123. The van der Waals surface area contributed by atoms with Crippen LogP contribution in [0.2, 0.25) is 0 Å². The van der Waals surface area contributed by atoms with E-state index in [1.165, 1.54) is 148 Å². The minimum atomic E-state index is -1.63. The van der Waals surface area contributed by atoms with Crippen molar-refractivity contribution in [2.45, 2.75) is 334 Å². The fourth-order valence-corrected chi connectivity index (χ4v) is 11.1. The number of rotatable bonds is 75. The van der Waals surface area contributed by atoms with Gasteiger partial charge in [-0.25, -0.2) is 0 Å². The second kappa shape index (κ2) is 81.8. The highest BCUT2D eigenvalue weighted by molar-refractivity contribution is 5.70. The first-order valence-corrected chi connectivity index (χ1v) is 41.6. The van der Waals surface area contributed by atoms with Gasteiger partial charge in [0.1, 0.15) is 13.2 Å². The monoisotopic (exact) mass is 1420 g/mol. The molecule has 0 spiro atoms. The highest BCUT2D eigenvalue weighted by Gasteiger charge is 2.22. The van der Waals surface area contributed by atoms with Crippen molar-refractivity contribution in [3.8, 4) is 0 Å². The molecule has 9 heteroatoms. The van der Waals surface area contributed by atoms with Crippen molar-refractivity contribution >= 4 is 17.9 Å². The number of allylic oxidation sites excluding steroid dienone is 32. The summed E-state index contributed by atoms with van der Waals surface area (Å²) in [5.41, 5.74) is 0. The summed E-state index contributed by atoms with van der Waals surface area (Å²) >= 11 is 0. The molecule has 103 heavy (non-hydrogen) atoms. The first-order chi connectivity index (χ1) is 50.6. The van der Waals surface area contributed by atoms with Gasteiger partial charge < -0.3 is 33.3 Å². The Labute approximate surface area is 633 Å². The van der Waals surface area contributed by atoms with Crippen LogP contribution >= 0.6 is 0 Å². The minimum absolute atomic E-state index is 0.140. The number of unbranched alkanes of at least 4 members (excludes halogenated alkanes) is 28. The number of hydrogen-bond acceptors (Lipinski definition) is 8. The van der Waals surface area contributed by atoms with Gasteiger partial charge in [-0.05, 0) is 141 Å². The summed E-state index contributed by atoms with van der Waals surface area (Å²) in [6.45, 7) is 4.53. The molecular weight excluding hydrogens is 1270 g/mol. The van der Waals surface area contributed by atoms with Crippen molar-refractivity contribution in [1.82, 2.24) is 0 Å². The van der Waals surface area contributed by atoms with Crippen molar-refractivity contribution in [2.24, 2.45) is 0 Å². The molecule has 0 aliphatic carbocycles. The summed E-state index contributed by atoms with van der Waals surface area (Å²) in [4.78, 5) is 37.7. The van der Waals surface area contributed by atoms with Crippen molar-refractivity contribution in [2.75, 3.05) is 47.5 Å². The van der Waals surface area contributed by atoms with Crippen LogP contribution in [0.15, 0.2) is 194 Å². The highest BCUT2D eigenvalue weighted by atomic mass is 16.7. The Kier molecular flexibility index (Phi) is 77.1. The van der Waals surface area contributed by atoms with E-state index >= 15 is 0 Å². The van der Waals surface area contributed by atoms with Crippen molar-refractivity contribution in [3.05, 3.63) is 194 Å². The van der Waals surface area contributed by atoms with E-state index in [4.69, 9.17) is 18.9 Å². The zero-order valence-electron chi connectivity index (χ0n) is 66.6. The molecule has 0 saturated heterocycles. The second-order valence-corrected chi connectivity index (χ2v) is 28.3. The highest BCUT2D eigenvalue weighted by Crippen LogP contribution is 2.18. The lowest BCUT2D eigenvalue weighted by Crippen LogP contribution is -2.44. The molecule has 0 N–H and O–H groups in total.